The smallest absolute Gasteiger partial charge is 0.414 e. The zero-order chi connectivity index (χ0) is 21.2. The summed E-state index contributed by atoms with van der Waals surface area (Å²) in [4.78, 5) is 16.5. The number of pyridine rings is 1. The zero-order valence-electron chi connectivity index (χ0n) is 15.1. The van der Waals surface area contributed by atoms with Crippen molar-refractivity contribution in [2.75, 3.05) is 0 Å². The van der Waals surface area contributed by atoms with Crippen LogP contribution in [0.1, 0.15) is 36.0 Å². The average molecular weight is 418 g/mol. The predicted octanol–water partition coefficient (Wildman–Crippen LogP) is 4.05. The van der Waals surface area contributed by atoms with Crippen LogP contribution < -0.4 is 10.1 Å². The van der Waals surface area contributed by atoms with Crippen LogP contribution in [0.15, 0.2) is 30.5 Å². The first-order valence-electron chi connectivity index (χ1n) is 9.04. The quantitative estimate of drug-likeness (QED) is 0.719. The van der Waals surface area contributed by atoms with Crippen LogP contribution >= 0.6 is 0 Å². The van der Waals surface area contributed by atoms with E-state index < -0.39 is 30.7 Å². The predicted molar refractivity (Wildman–Crippen MR) is 93.6 cm³/mol. The van der Waals surface area contributed by atoms with Crippen LogP contribution in [0.25, 0.3) is 10.9 Å². The molecule has 0 unspecified atom stereocenters. The minimum absolute atomic E-state index is 0.0463. The van der Waals surface area contributed by atoms with Gasteiger partial charge in [0.2, 0.25) is 0 Å². The Labute approximate surface area is 162 Å². The number of ether oxygens (including phenoxy) is 1. The van der Waals surface area contributed by atoms with Gasteiger partial charge in [-0.2, -0.15) is 22.0 Å². The van der Waals surface area contributed by atoms with Gasteiger partial charge in [0.05, 0.1) is 11.1 Å². The van der Waals surface area contributed by atoms with Gasteiger partial charge in [-0.15, -0.1) is 0 Å². The van der Waals surface area contributed by atoms with E-state index in [1.165, 1.54) is 24.4 Å². The highest BCUT2D eigenvalue weighted by atomic mass is 19.4. The number of benzene rings is 1. The number of nitrogens with one attached hydrogen (secondary N) is 1. The van der Waals surface area contributed by atoms with E-state index in [1.807, 2.05) is 0 Å². The lowest BCUT2D eigenvalue weighted by Gasteiger charge is -2.32. The molecular weight excluding hydrogens is 399 g/mol. The van der Waals surface area contributed by atoms with Crippen LogP contribution in [0.4, 0.5) is 22.0 Å². The molecule has 0 bridgehead atoms. The molecule has 158 valence electrons. The maximum Gasteiger partial charge on any atom is 0.414 e. The average Bonchev–Trinajstić information content (AvgIpc) is 2.66. The van der Waals surface area contributed by atoms with Crippen molar-refractivity contribution in [2.24, 2.45) is 5.92 Å². The number of hydrogen-bond donors (Lipinski definition) is 2. The summed E-state index contributed by atoms with van der Waals surface area (Å²) < 4.78 is 66.7. The van der Waals surface area contributed by atoms with Gasteiger partial charge in [0, 0.05) is 23.7 Å². The number of aromatic nitrogens is 1. The molecule has 1 atom stereocenters. The van der Waals surface area contributed by atoms with Crippen LogP contribution in [0.3, 0.4) is 0 Å². The minimum atomic E-state index is -4.64. The molecule has 5 nitrogen and oxygen atoms in total. The molecular formula is C19H19F5N2O3. The highest BCUT2D eigenvalue weighted by Crippen LogP contribution is 2.34. The molecule has 0 aliphatic heterocycles. The molecule has 10 heteroatoms. The van der Waals surface area contributed by atoms with Crippen molar-refractivity contribution in [3.8, 4) is 5.75 Å². The Kier molecular flexibility index (Phi) is 6.21. The van der Waals surface area contributed by atoms with Crippen molar-refractivity contribution in [3.63, 3.8) is 0 Å². The van der Waals surface area contributed by atoms with Crippen molar-refractivity contribution in [1.82, 2.24) is 10.3 Å². The van der Waals surface area contributed by atoms with Gasteiger partial charge < -0.3 is 15.2 Å². The van der Waals surface area contributed by atoms with Gasteiger partial charge in [0.1, 0.15) is 5.75 Å². The molecule has 0 saturated heterocycles. The van der Waals surface area contributed by atoms with E-state index in [9.17, 15) is 31.9 Å². The normalized spacial score (nSPS) is 21.2. The summed E-state index contributed by atoms with van der Waals surface area (Å²) in [5.41, 5.74) is 0.624. The molecule has 1 fully saturated rings. The molecule has 1 aliphatic rings. The van der Waals surface area contributed by atoms with Gasteiger partial charge in [-0.1, -0.05) is 0 Å². The molecule has 1 heterocycles. The Morgan fingerprint density at radius 2 is 1.86 bits per heavy atom. The lowest BCUT2D eigenvalue weighted by molar-refractivity contribution is -0.222. The Balaban J connectivity index is 1.60. The van der Waals surface area contributed by atoms with Gasteiger partial charge in [-0.25, -0.2) is 0 Å². The second-order valence-electron chi connectivity index (χ2n) is 7.03. The summed E-state index contributed by atoms with van der Waals surface area (Å²) >= 11 is 0. The number of rotatable bonds is 5. The van der Waals surface area contributed by atoms with Gasteiger partial charge in [-0.3, -0.25) is 9.78 Å². The van der Waals surface area contributed by atoms with E-state index in [-0.39, 0.29) is 30.2 Å². The molecule has 2 N–H and O–H groups in total. The third-order valence-electron chi connectivity index (χ3n) is 5.03. The minimum Gasteiger partial charge on any atom is -0.435 e. The zero-order valence-corrected chi connectivity index (χ0v) is 15.1. The number of carbonyl (C=O) groups excluding carboxylic acids is 1. The lowest BCUT2D eigenvalue weighted by Crippen LogP contribution is -2.42. The van der Waals surface area contributed by atoms with E-state index in [0.717, 1.165) is 0 Å². The second-order valence-corrected chi connectivity index (χ2v) is 7.03. The lowest BCUT2D eigenvalue weighted by atomic mass is 9.82. The van der Waals surface area contributed by atoms with Crippen molar-refractivity contribution in [3.05, 3.63) is 36.0 Å². The van der Waals surface area contributed by atoms with Gasteiger partial charge in [0.25, 0.3) is 5.91 Å². The molecule has 0 spiro atoms. The van der Waals surface area contributed by atoms with Crippen molar-refractivity contribution in [1.29, 1.82) is 0 Å². The van der Waals surface area contributed by atoms with E-state index in [4.69, 9.17) is 0 Å². The van der Waals surface area contributed by atoms with Crippen LogP contribution in [-0.4, -0.2) is 40.9 Å². The maximum absolute atomic E-state index is 12.6. The first-order valence-corrected chi connectivity index (χ1v) is 9.04. The Morgan fingerprint density at radius 1 is 1.17 bits per heavy atom. The Hall–Kier alpha value is -2.49. The third kappa shape index (κ3) is 5.31. The van der Waals surface area contributed by atoms with Crippen LogP contribution in [-0.2, 0) is 0 Å². The standard InChI is InChI=1S/C19H19F5N2O3/c20-18(21)29-14-6-3-11-7-12(9-25-15(11)8-14)17(28)26-13-4-1-10(2-5-13)16(27)19(22,23)24/h3,6-10,13,16,18,27H,1-2,4-5H2,(H,26,28)/t10?,13?,16-/m0/s1. The van der Waals surface area contributed by atoms with Crippen LogP contribution in [0, 0.1) is 5.92 Å². The number of aliphatic hydroxyl groups is 1. The van der Waals surface area contributed by atoms with E-state index in [0.29, 0.717) is 23.7 Å². The summed E-state index contributed by atoms with van der Waals surface area (Å²) in [6.07, 6.45) is -4.70. The Bertz CT molecular complexity index is 867. The Morgan fingerprint density at radius 3 is 2.48 bits per heavy atom. The fourth-order valence-electron chi connectivity index (χ4n) is 3.52. The highest BCUT2D eigenvalue weighted by Gasteiger charge is 2.44. The van der Waals surface area contributed by atoms with Crippen molar-refractivity contribution >= 4 is 16.8 Å². The largest absolute Gasteiger partial charge is 0.435 e. The molecule has 1 aliphatic carbocycles. The topological polar surface area (TPSA) is 71.5 Å². The number of amides is 1. The fourth-order valence-corrected chi connectivity index (χ4v) is 3.52. The number of alkyl halides is 5. The molecule has 1 aromatic carbocycles. The van der Waals surface area contributed by atoms with Gasteiger partial charge in [0.15, 0.2) is 6.10 Å². The highest BCUT2D eigenvalue weighted by molar-refractivity contribution is 5.97. The molecule has 0 radical (unpaired) electrons. The number of aliphatic hydroxyl groups excluding tert-OH is 1. The summed E-state index contributed by atoms with van der Waals surface area (Å²) in [6, 6.07) is 5.42. The molecule has 2 aromatic rings. The number of halogens is 5. The summed E-state index contributed by atoms with van der Waals surface area (Å²) in [5.74, 6) is -1.34. The van der Waals surface area contributed by atoms with E-state index >= 15 is 0 Å². The summed E-state index contributed by atoms with van der Waals surface area (Å²) in [6.45, 7) is -2.95. The first-order chi connectivity index (χ1) is 13.6. The van der Waals surface area contributed by atoms with E-state index in [2.05, 4.69) is 15.0 Å². The second kappa shape index (κ2) is 8.48. The maximum atomic E-state index is 12.6. The third-order valence-corrected chi connectivity index (χ3v) is 5.03. The van der Waals surface area contributed by atoms with Crippen LogP contribution in [0.5, 0.6) is 5.75 Å². The number of nitrogens with zero attached hydrogens (tertiary/aromatic N) is 1. The monoisotopic (exact) mass is 418 g/mol. The fraction of sp³-hybridized carbons (Fsp3) is 0.474. The molecule has 1 saturated carbocycles. The molecule has 29 heavy (non-hydrogen) atoms. The molecule has 1 amide bonds. The number of fused-ring (bicyclic) bond motifs is 1. The van der Waals surface area contributed by atoms with Gasteiger partial charge >= 0.3 is 12.8 Å². The first kappa shape index (κ1) is 21.2. The molecule has 3 rings (SSSR count). The molecule has 1 aromatic heterocycles. The van der Waals surface area contributed by atoms with Crippen molar-refractivity contribution in [2.45, 2.75) is 50.6 Å². The number of hydrogen-bond acceptors (Lipinski definition) is 4. The van der Waals surface area contributed by atoms with Crippen molar-refractivity contribution < 1.29 is 36.6 Å². The summed E-state index contributed by atoms with van der Waals surface area (Å²) in [7, 11) is 0. The van der Waals surface area contributed by atoms with E-state index in [1.54, 1.807) is 6.07 Å². The summed E-state index contributed by atoms with van der Waals surface area (Å²) in [5, 5.41) is 12.7. The van der Waals surface area contributed by atoms with Crippen LogP contribution in [0.2, 0.25) is 0 Å². The number of carbonyl (C=O) groups is 1. The SMILES string of the molecule is O=C(NC1CCC([C@H](O)C(F)(F)F)CC1)c1cnc2cc(OC(F)F)ccc2c1. The van der Waals surface area contributed by atoms with Gasteiger partial charge in [-0.05, 0) is 49.8 Å².